The van der Waals surface area contributed by atoms with Gasteiger partial charge in [0, 0.05) is 25.1 Å². The van der Waals surface area contributed by atoms with Crippen molar-refractivity contribution in [2.75, 3.05) is 6.54 Å². The van der Waals surface area contributed by atoms with Gasteiger partial charge in [-0.1, -0.05) is 19.9 Å². The van der Waals surface area contributed by atoms with Gasteiger partial charge in [-0.2, -0.15) is 0 Å². The summed E-state index contributed by atoms with van der Waals surface area (Å²) in [6, 6.07) is 5.78. The van der Waals surface area contributed by atoms with Crippen molar-refractivity contribution in [3.8, 4) is 0 Å². The Labute approximate surface area is 106 Å². The first-order chi connectivity index (χ1) is 8.72. The third-order valence-electron chi connectivity index (χ3n) is 3.09. The smallest absolute Gasteiger partial charge is 0.222 e. The Kier molecular flexibility index (Phi) is 3.92. The van der Waals surface area contributed by atoms with Crippen molar-refractivity contribution in [1.82, 2.24) is 19.9 Å². The highest BCUT2D eigenvalue weighted by molar-refractivity contribution is 5.78. The summed E-state index contributed by atoms with van der Waals surface area (Å²) in [5.74, 6) is 1.04. The molecule has 0 unspecified atom stereocenters. The molecule has 0 fully saturated rings. The Morgan fingerprint density at radius 2 is 2.28 bits per heavy atom. The summed E-state index contributed by atoms with van der Waals surface area (Å²) in [5, 5.41) is 11.1. The maximum Gasteiger partial charge on any atom is 0.222 e. The van der Waals surface area contributed by atoms with Gasteiger partial charge in [-0.05, 0) is 18.6 Å². The summed E-state index contributed by atoms with van der Waals surface area (Å²) in [6.45, 7) is 4.54. The number of aromatic nitrogens is 3. The van der Waals surface area contributed by atoms with Gasteiger partial charge in [0.05, 0.1) is 0 Å². The summed E-state index contributed by atoms with van der Waals surface area (Å²) < 4.78 is 1.94. The van der Waals surface area contributed by atoms with E-state index in [0.29, 0.717) is 13.0 Å². The third kappa shape index (κ3) is 2.67. The van der Waals surface area contributed by atoms with Crippen LogP contribution < -0.4 is 5.32 Å². The summed E-state index contributed by atoms with van der Waals surface area (Å²) >= 11 is 0. The summed E-state index contributed by atoms with van der Waals surface area (Å²) in [4.78, 5) is 11.6. The molecule has 0 radical (unpaired) electrons. The Morgan fingerprint density at radius 3 is 3.06 bits per heavy atom. The quantitative estimate of drug-likeness (QED) is 0.868. The van der Waals surface area contributed by atoms with Gasteiger partial charge in [0.15, 0.2) is 5.65 Å². The number of nitrogens with zero attached hydrogens (tertiary/aromatic N) is 3. The average molecular weight is 246 g/mol. The molecule has 5 nitrogen and oxygen atoms in total. The Morgan fingerprint density at radius 1 is 1.44 bits per heavy atom. The summed E-state index contributed by atoms with van der Waals surface area (Å²) in [6.07, 6.45) is 3.48. The van der Waals surface area contributed by atoms with Crippen LogP contribution in [0.5, 0.6) is 0 Å². The fraction of sp³-hybridized carbons (Fsp3) is 0.462. The number of nitrogens with one attached hydrogen (secondary N) is 1. The van der Waals surface area contributed by atoms with Gasteiger partial charge in [-0.15, -0.1) is 10.2 Å². The molecule has 2 aromatic rings. The van der Waals surface area contributed by atoms with Gasteiger partial charge in [-0.25, -0.2) is 0 Å². The summed E-state index contributed by atoms with van der Waals surface area (Å²) in [5.41, 5.74) is 0.834. The van der Waals surface area contributed by atoms with E-state index >= 15 is 0 Å². The van der Waals surface area contributed by atoms with Gasteiger partial charge in [0.1, 0.15) is 5.82 Å². The number of pyridine rings is 1. The molecule has 2 rings (SSSR count). The number of fused-ring (bicyclic) bond motifs is 1. The Bertz CT molecular complexity index is 535. The van der Waals surface area contributed by atoms with Crippen LogP contribution in [0.25, 0.3) is 5.65 Å². The lowest BCUT2D eigenvalue weighted by atomic mass is 10.1. The van der Waals surface area contributed by atoms with Crippen molar-refractivity contribution in [2.24, 2.45) is 5.92 Å². The minimum Gasteiger partial charge on any atom is -0.355 e. The molecular weight excluding hydrogens is 228 g/mol. The molecule has 1 amide bonds. The topological polar surface area (TPSA) is 59.3 Å². The van der Waals surface area contributed by atoms with E-state index < -0.39 is 0 Å². The lowest BCUT2D eigenvalue weighted by Crippen LogP contribution is -2.30. The van der Waals surface area contributed by atoms with Crippen molar-refractivity contribution >= 4 is 11.6 Å². The molecule has 18 heavy (non-hydrogen) atoms. The molecule has 0 spiro atoms. The van der Waals surface area contributed by atoms with E-state index in [1.807, 2.05) is 42.6 Å². The van der Waals surface area contributed by atoms with E-state index in [0.717, 1.165) is 17.9 Å². The molecule has 5 heteroatoms. The van der Waals surface area contributed by atoms with E-state index in [-0.39, 0.29) is 11.8 Å². The molecule has 0 aliphatic rings. The van der Waals surface area contributed by atoms with Crippen LogP contribution in [0.1, 0.15) is 26.1 Å². The highest BCUT2D eigenvalue weighted by Gasteiger charge is 2.10. The highest BCUT2D eigenvalue weighted by atomic mass is 16.1. The molecule has 1 N–H and O–H groups in total. The number of hydrogen-bond donors (Lipinski definition) is 1. The Hall–Kier alpha value is -1.91. The number of carbonyl (C=O) groups is 1. The first-order valence-electron chi connectivity index (χ1n) is 6.28. The normalized spacial score (nSPS) is 12.6. The molecule has 0 aromatic carbocycles. The first kappa shape index (κ1) is 12.5. The SMILES string of the molecule is CC[C@@H](C)C(=O)NCCc1nnc2ccccn12. The average Bonchev–Trinajstić information content (AvgIpc) is 2.81. The molecule has 2 heterocycles. The second kappa shape index (κ2) is 5.62. The third-order valence-corrected chi connectivity index (χ3v) is 3.09. The van der Waals surface area contributed by atoms with Crippen LogP contribution in [0.4, 0.5) is 0 Å². The molecule has 0 saturated heterocycles. The standard InChI is InChI=1S/C13H18N4O/c1-3-10(2)13(18)14-8-7-12-16-15-11-6-4-5-9-17(11)12/h4-6,9-10H,3,7-8H2,1-2H3,(H,14,18)/t10-/m1/s1. The van der Waals surface area contributed by atoms with E-state index in [4.69, 9.17) is 0 Å². The maximum atomic E-state index is 11.6. The highest BCUT2D eigenvalue weighted by Crippen LogP contribution is 2.03. The maximum absolute atomic E-state index is 11.6. The fourth-order valence-electron chi connectivity index (χ4n) is 1.72. The van der Waals surface area contributed by atoms with Gasteiger partial charge < -0.3 is 5.32 Å². The predicted octanol–water partition coefficient (Wildman–Crippen LogP) is 1.43. The number of hydrogen-bond acceptors (Lipinski definition) is 3. The van der Waals surface area contributed by atoms with Gasteiger partial charge >= 0.3 is 0 Å². The minimum atomic E-state index is 0.0696. The number of carbonyl (C=O) groups excluding carboxylic acids is 1. The molecule has 0 aliphatic carbocycles. The second-order valence-corrected chi connectivity index (χ2v) is 4.40. The zero-order valence-electron chi connectivity index (χ0n) is 10.8. The number of rotatable bonds is 5. The largest absolute Gasteiger partial charge is 0.355 e. The van der Waals surface area contributed by atoms with Crippen LogP contribution in [-0.4, -0.2) is 27.0 Å². The molecule has 1 atom stereocenters. The van der Waals surface area contributed by atoms with Gasteiger partial charge in [0.25, 0.3) is 0 Å². The molecule has 96 valence electrons. The second-order valence-electron chi connectivity index (χ2n) is 4.40. The van der Waals surface area contributed by atoms with E-state index in [9.17, 15) is 4.79 Å². The monoisotopic (exact) mass is 246 g/mol. The van der Waals surface area contributed by atoms with Crippen LogP contribution in [0.2, 0.25) is 0 Å². The van der Waals surface area contributed by atoms with E-state index in [1.165, 1.54) is 0 Å². The molecule has 0 saturated carbocycles. The lowest BCUT2D eigenvalue weighted by molar-refractivity contribution is -0.124. The van der Waals surface area contributed by atoms with Crippen LogP contribution >= 0.6 is 0 Å². The zero-order valence-corrected chi connectivity index (χ0v) is 10.8. The predicted molar refractivity (Wildman–Crippen MR) is 69.2 cm³/mol. The van der Waals surface area contributed by atoms with Crippen LogP contribution in [0.3, 0.4) is 0 Å². The van der Waals surface area contributed by atoms with Crippen LogP contribution in [0.15, 0.2) is 24.4 Å². The zero-order chi connectivity index (χ0) is 13.0. The van der Waals surface area contributed by atoms with E-state index in [1.54, 1.807) is 0 Å². The van der Waals surface area contributed by atoms with Crippen molar-refractivity contribution < 1.29 is 4.79 Å². The minimum absolute atomic E-state index is 0.0696. The van der Waals surface area contributed by atoms with Gasteiger partial charge in [-0.3, -0.25) is 9.20 Å². The molecule has 2 aromatic heterocycles. The number of amides is 1. The van der Waals surface area contributed by atoms with Gasteiger partial charge in [0.2, 0.25) is 5.91 Å². The van der Waals surface area contributed by atoms with Crippen molar-refractivity contribution in [3.63, 3.8) is 0 Å². The lowest BCUT2D eigenvalue weighted by Gasteiger charge is -2.09. The van der Waals surface area contributed by atoms with Crippen molar-refractivity contribution in [3.05, 3.63) is 30.2 Å². The first-order valence-corrected chi connectivity index (χ1v) is 6.28. The molecule has 0 bridgehead atoms. The van der Waals surface area contributed by atoms with Crippen molar-refractivity contribution in [2.45, 2.75) is 26.7 Å². The molecule has 0 aliphatic heterocycles. The fourth-order valence-corrected chi connectivity index (χ4v) is 1.72. The molecular formula is C13H18N4O. The summed E-state index contributed by atoms with van der Waals surface area (Å²) in [7, 11) is 0. The van der Waals surface area contributed by atoms with E-state index in [2.05, 4.69) is 15.5 Å². The van der Waals surface area contributed by atoms with Crippen LogP contribution in [0, 0.1) is 5.92 Å². The van der Waals surface area contributed by atoms with Crippen LogP contribution in [-0.2, 0) is 11.2 Å². The van der Waals surface area contributed by atoms with Crippen molar-refractivity contribution in [1.29, 1.82) is 0 Å². The Balaban J connectivity index is 1.93.